The minimum absolute atomic E-state index is 0.625. The van der Waals surface area contributed by atoms with E-state index < -0.39 is 0 Å². The number of rotatable bonds is 2. The molecule has 1 saturated heterocycles. The van der Waals surface area contributed by atoms with Gasteiger partial charge in [-0.25, -0.2) is 0 Å². The summed E-state index contributed by atoms with van der Waals surface area (Å²) in [7, 11) is 0. The van der Waals surface area contributed by atoms with E-state index in [1.165, 1.54) is 16.7 Å². The first-order valence-electron chi connectivity index (χ1n) is 6.17. The number of nitrogens with one attached hydrogen (secondary N) is 1. The maximum absolute atomic E-state index is 3.48. The van der Waals surface area contributed by atoms with Gasteiger partial charge in [0.25, 0.3) is 0 Å². The van der Waals surface area contributed by atoms with Crippen LogP contribution in [-0.2, 0) is 6.54 Å². The quantitative estimate of drug-likeness (QED) is 0.818. The molecule has 1 heterocycles. The van der Waals surface area contributed by atoms with Crippen LogP contribution in [0.1, 0.15) is 23.6 Å². The predicted octanol–water partition coefficient (Wildman–Crippen LogP) is 2.10. The van der Waals surface area contributed by atoms with Gasteiger partial charge in [-0.1, -0.05) is 18.2 Å². The number of hydrogen-bond acceptors (Lipinski definition) is 2. The van der Waals surface area contributed by atoms with E-state index in [9.17, 15) is 0 Å². The Morgan fingerprint density at radius 3 is 2.81 bits per heavy atom. The van der Waals surface area contributed by atoms with Crippen molar-refractivity contribution in [3.63, 3.8) is 0 Å². The van der Waals surface area contributed by atoms with Crippen LogP contribution in [0.3, 0.4) is 0 Å². The van der Waals surface area contributed by atoms with Gasteiger partial charge in [-0.3, -0.25) is 4.90 Å². The van der Waals surface area contributed by atoms with E-state index in [1.807, 2.05) is 0 Å². The molecule has 1 N–H and O–H groups in total. The molecule has 0 radical (unpaired) electrons. The molecule has 1 aliphatic rings. The second-order valence-corrected chi connectivity index (χ2v) is 5.01. The average Bonchev–Trinajstić information content (AvgIpc) is 2.24. The van der Waals surface area contributed by atoms with Crippen LogP contribution in [0.15, 0.2) is 18.2 Å². The molecule has 0 aliphatic carbocycles. The molecule has 0 saturated carbocycles. The van der Waals surface area contributed by atoms with Gasteiger partial charge >= 0.3 is 0 Å². The van der Waals surface area contributed by atoms with Crippen LogP contribution in [-0.4, -0.2) is 30.6 Å². The minimum Gasteiger partial charge on any atom is -0.312 e. The van der Waals surface area contributed by atoms with E-state index in [1.54, 1.807) is 0 Å². The topological polar surface area (TPSA) is 15.3 Å². The van der Waals surface area contributed by atoms with Crippen molar-refractivity contribution in [2.45, 2.75) is 33.4 Å². The molecular formula is C14H22N2. The summed E-state index contributed by atoms with van der Waals surface area (Å²) in [5.74, 6) is 0. The SMILES string of the molecule is Cc1ccc(CN2CCNC(C)C2)cc1C. The first-order chi connectivity index (χ1) is 7.65. The second kappa shape index (κ2) is 4.98. The molecule has 2 rings (SSSR count). The van der Waals surface area contributed by atoms with E-state index in [-0.39, 0.29) is 0 Å². The summed E-state index contributed by atoms with van der Waals surface area (Å²) in [4.78, 5) is 2.53. The Morgan fingerprint density at radius 1 is 1.31 bits per heavy atom. The summed E-state index contributed by atoms with van der Waals surface area (Å²) in [6.45, 7) is 11.2. The van der Waals surface area contributed by atoms with Crippen molar-refractivity contribution < 1.29 is 0 Å². The molecule has 0 spiro atoms. The standard InChI is InChI=1S/C14H22N2/c1-11-4-5-14(8-12(11)2)10-16-7-6-15-13(3)9-16/h4-5,8,13,15H,6-7,9-10H2,1-3H3. The van der Waals surface area contributed by atoms with Crippen molar-refractivity contribution in [1.29, 1.82) is 0 Å². The second-order valence-electron chi connectivity index (χ2n) is 5.01. The van der Waals surface area contributed by atoms with Gasteiger partial charge in [-0.15, -0.1) is 0 Å². The zero-order chi connectivity index (χ0) is 11.5. The zero-order valence-corrected chi connectivity index (χ0v) is 10.6. The van der Waals surface area contributed by atoms with Crippen molar-refractivity contribution in [3.8, 4) is 0 Å². The maximum atomic E-state index is 3.48. The largest absolute Gasteiger partial charge is 0.312 e. The normalized spacial score (nSPS) is 22.3. The Kier molecular flexibility index (Phi) is 3.62. The molecule has 1 aromatic carbocycles. The van der Waals surface area contributed by atoms with Gasteiger partial charge in [-0.2, -0.15) is 0 Å². The summed E-state index contributed by atoms with van der Waals surface area (Å²) in [6.07, 6.45) is 0. The van der Waals surface area contributed by atoms with Crippen LogP contribution >= 0.6 is 0 Å². The maximum Gasteiger partial charge on any atom is 0.0235 e. The molecule has 0 bridgehead atoms. The number of benzene rings is 1. The Bertz CT molecular complexity index is 360. The van der Waals surface area contributed by atoms with E-state index in [0.717, 1.165) is 26.2 Å². The Labute approximate surface area is 98.7 Å². The lowest BCUT2D eigenvalue weighted by Crippen LogP contribution is -2.48. The van der Waals surface area contributed by atoms with Crippen LogP contribution in [0.4, 0.5) is 0 Å². The van der Waals surface area contributed by atoms with Crippen LogP contribution in [0.2, 0.25) is 0 Å². The highest BCUT2D eigenvalue weighted by molar-refractivity contribution is 5.29. The highest BCUT2D eigenvalue weighted by Crippen LogP contribution is 2.12. The summed E-state index contributed by atoms with van der Waals surface area (Å²) in [5, 5.41) is 3.48. The molecule has 1 aliphatic heterocycles. The van der Waals surface area contributed by atoms with Crippen LogP contribution in [0, 0.1) is 13.8 Å². The lowest BCUT2D eigenvalue weighted by molar-refractivity contribution is 0.199. The Hall–Kier alpha value is -0.860. The third-order valence-electron chi connectivity index (χ3n) is 3.43. The van der Waals surface area contributed by atoms with Crippen LogP contribution in [0.25, 0.3) is 0 Å². The van der Waals surface area contributed by atoms with Gasteiger partial charge in [0.2, 0.25) is 0 Å². The van der Waals surface area contributed by atoms with Gasteiger partial charge in [0.05, 0.1) is 0 Å². The molecule has 0 amide bonds. The molecule has 1 atom stereocenters. The first kappa shape index (κ1) is 11.6. The van der Waals surface area contributed by atoms with Crippen LogP contribution < -0.4 is 5.32 Å². The minimum atomic E-state index is 0.625. The Morgan fingerprint density at radius 2 is 2.12 bits per heavy atom. The average molecular weight is 218 g/mol. The highest BCUT2D eigenvalue weighted by Gasteiger charge is 2.15. The van der Waals surface area contributed by atoms with Crippen LogP contribution in [0.5, 0.6) is 0 Å². The van der Waals surface area contributed by atoms with E-state index in [2.05, 4.69) is 49.2 Å². The smallest absolute Gasteiger partial charge is 0.0235 e. The van der Waals surface area contributed by atoms with Gasteiger partial charge in [0, 0.05) is 32.2 Å². The monoisotopic (exact) mass is 218 g/mol. The molecule has 88 valence electrons. The molecule has 2 heteroatoms. The highest BCUT2D eigenvalue weighted by atomic mass is 15.2. The molecule has 2 nitrogen and oxygen atoms in total. The van der Waals surface area contributed by atoms with Crippen molar-refractivity contribution in [3.05, 3.63) is 34.9 Å². The van der Waals surface area contributed by atoms with Crippen molar-refractivity contribution in [2.24, 2.45) is 0 Å². The molecule has 16 heavy (non-hydrogen) atoms. The third-order valence-corrected chi connectivity index (χ3v) is 3.43. The Balaban J connectivity index is 2.00. The number of hydrogen-bond donors (Lipinski definition) is 1. The molecular weight excluding hydrogens is 196 g/mol. The molecule has 1 fully saturated rings. The number of piperazine rings is 1. The van der Waals surface area contributed by atoms with Crippen molar-refractivity contribution in [2.75, 3.05) is 19.6 Å². The molecule has 0 aromatic heterocycles. The third kappa shape index (κ3) is 2.83. The fourth-order valence-corrected chi connectivity index (χ4v) is 2.32. The zero-order valence-electron chi connectivity index (χ0n) is 10.6. The lowest BCUT2D eigenvalue weighted by Gasteiger charge is -2.31. The number of nitrogens with zero attached hydrogens (tertiary/aromatic N) is 1. The first-order valence-corrected chi connectivity index (χ1v) is 6.17. The van der Waals surface area contributed by atoms with E-state index >= 15 is 0 Å². The summed E-state index contributed by atoms with van der Waals surface area (Å²) >= 11 is 0. The fourth-order valence-electron chi connectivity index (χ4n) is 2.32. The number of aryl methyl sites for hydroxylation is 2. The van der Waals surface area contributed by atoms with Gasteiger partial charge in [-0.05, 0) is 37.5 Å². The van der Waals surface area contributed by atoms with Gasteiger partial charge in [0.15, 0.2) is 0 Å². The van der Waals surface area contributed by atoms with Gasteiger partial charge in [0.1, 0.15) is 0 Å². The summed E-state index contributed by atoms with van der Waals surface area (Å²) in [6, 6.07) is 7.44. The molecule has 1 aromatic rings. The lowest BCUT2D eigenvalue weighted by atomic mass is 10.1. The van der Waals surface area contributed by atoms with Gasteiger partial charge < -0.3 is 5.32 Å². The summed E-state index contributed by atoms with van der Waals surface area (Å²) in [5.41, 5.74) is 4.23. The van der Waals surface area contributed by atoms with E-state index in [4.69, 9.17) is 0 Å². The molecule has 1 unspecified atom stereocenters. The summed E-state index contributed by atoms with van der Waals surface area (Å²) < 4.78 is 0. The predicted molar refractivity (Wildman–Crippen MR) is 68.7 cm³/mol. The van der Waals surface area contributed by atoms with Crippen molar-refractivity contribution >= 4 is 0 Å². The van der Waals surface area contributed by atoms with Crippen molar-refractivity contribution in [1.82, 2.24) is 10.2 Å². The fraction of sp³-hybridized carbons (Fsp3) is 0.571. The van der Waals surface area contributed by atoms with E-state index in [0.29, 0.717) is 6.04 Å².